The lowest BCUT2D eigenvalue weighted by atomic mass is 9.80. The third kappa shape index (κ3) is 3.77. The van der Waals surface area contributed by atoms with Gasteiger partial charge in [0.05, 0.1) is 5.92 Å². The summed E-state index contributed by atoms with van der Waals surface area (Å²) in [5, 5.41) is 9.71. The van der Waals surface area contributed by atoms with Gasteiger partial charge >= 0.3 is 0 Å². The van der Waals surface area contributed by atoms with E-state index < -0.39 is 5.92 Å². The smallest absolute Gasteiger partial charge is 0.205 e. The minimum Gasteiger partial charge on any atom is -0.489 e. The maximum absolute atomic E-state index is 12.7. The third-order valence-corrected chi connectivity index (χ3v) is 4.69. The summed E-state index contributed by atoms with van der Waals surface area (Å²) in [4.78, 5) is 12.7. The van der Waals surface area contributed by atoms with Gasteiger partial charge in [0.15, 0.2) is 5.78 Å². The fraction of sp³-hybridized carbons (Fsp3) is 0.217. The molecule has 2 aromatic rings. The number of ketones is 1. The third-order valence-electron chi connectivity index (χ3n) is 4.69. The van der Waals surface area contributed by atoms with Crippen molar-refractivity contribution in [2.75, 3.05) is 0 Å². The van der Waals surface area contributed by atoms with E-state index in [-0.39, 0.29) is 17.2 Å². The molecule has 0 amide bonds. The SMILES string of the molecule is CCC(=O)C1=C(C)OC(N)=C(C#N)C1c1ccccc1OCc1ccccc1. The van der Waals surface area contributed by atoms with Gasteiger partial charge in [-0.15, -0.1) is 0 Å². The Morgan fingerprint density at radius 2 is 1.86 bits per heavy atom. The summed E-state index contributed by atoms with van der Waals surface area (Å²) < 4.78 is 11.6. The minimum atomic E-state index is -0.613. The Hall–Kier alpha value is -3.52. The van der Waals surface area contributed by atoms with E-state index in [1.165, 1.54) is 0 Å². The van der Waals surface area contributed by atoms with Gasteiger partial charge in [0.2, 0.25) is 5.88 Å². The van der Waals surface area contributed by atoms with Crippen LogP contribution in [0.3, 0.4) is 0 Å². The van der Waals surface area contributed by atoms with Crippen molar-refractivity contribution < 1.29 is 14.3 Å². The number of carbonyl (C=O) groups is 1. The van der Waals surface area contributed by atoms with E-state index in [9.17, 15) is 10.1 Å². The number of para-hydroxylation sites is 1. The number of nitriles is 1. The molecule has 2 N–H and O–H groups in total. The van der Waals surface area contributed by atoms with Gasteiger partial charge in [0.25, 0.3) is 0 Å². The first kappa shape index (κ1) is 19.2. The standard InChI is InChI=1S/C23H22N2O3/c1-3-19(26)21-15(2)28-23(25)18(13-24)22(21)17-11-7-8-12-20(17)27-14-16-9-5-4-6-10-16/h4-12,22H,3,14,25H2,1-2H3. The van der Waals surface area contributed by atoms with Crippen molar-refractivity contribution in [3.05, 3.63) is 88.5 Å². The molecule has 0 radical (unpaired) electrons. The summed E-state index contributed by atoms with van der Waals surface area (Å²) in [5.41, 5.74) is 8.39. The fourth-order valence-corrected chi connectivity index (χ4v) is 3.33. The Kier molecular flexibility index (Phi) is 5.81. The highest BCUT2D eigenvalue weighted by Crippen LogP contribution is 2.43. The summed E-state index contributed by atoms with van der Waals surface area (Å²) >= 11 is 0. The van der Waals surface area contributed by atoms with Crippen LogP contribution in [0.4, 0.5) is 0 Å². The molecule has 142 valence electrons. The Morgan fingerprint density at radius 1 is 1.18 bits per heavy atom. The molecule has 3 rings (SSSR count). The first-order valence-corrected chi connectivity index (χ1v) is 9.14. The van der Waals surface area contributed by atoms with Crippen LogP contribution in [0.5, 0.6) is 5.75 Å². The molecule has 0 fully saturated rings. The largest absolute Gasteiger partial charge is 0.489 e. The Labute approximate surface area is 164 Å². The van der Waals surface area contributed by atoms with Crippen LogP contribution < -0.4 is 10.5 Å². The van der Waals surface area contributed by atoms with Gasteiger partial charge in [-0.05, 0) is 18.6 Å². The van der Waals surface area contributed by atoms with Gasteiger partial charge in [-0.3, -0.25) is 4.79 Å². The lowest BCUT2D eigenvalue weighted by Gasteiger charge is -2.28. The van der Waals surface area contributed by atoms with E-state index in [0.717, 1.165) is 11.1 Å². The number of ether oxygens (including phenoxy) is 2. The van der Waals surface area contributed by atoms with Crippen LogP contribution in [0.1, 0.15) is 37.3 Å². The second-order valence-electron chi connectivity index (χ2n) is 6.48. The van der Waals surface area contributed by atoms with Crippen molar-refractivity contribution in [1.82, 2.24) is 0 Å². The molecule has 0 saturated heterocycles. The zero-order valence-corrected chi connectivity index (χ0v) is 15.9. The molecule has 5 heteroatoms. The van der Waals surface area contributed by atoms with Gasteiger partial charge in [-0.25, -0.2) is 0 Å². The van der Waals surface area contributed by atoms with Gasteiger partial charge < -0.3 is 15.2 Å². The van der Waals surface area contributed by atoms with Gasteiger partial charge in [-0.1, -0.05) is 55.5 Å². The topological polar surface area (TPSA) is 85.3 Å². The monoisotopic (exact) mass is 374 g/mol. The lowest BCUT2D eigenvalue weighted by Crippen LogP contribution is -2.24. The molecule has 1 heterocycles. The van der Waals surface area contributed by atoms with Crippen molar-refractivity contribution in [3.8, 4) is 11.8 Å². The summed E-state index contributed by atoms with van der Waals surface area (Å²) in [6, 6.07) is 19.3. The highest BCUT2D eigenvalue weighted by Gasteiger charge is 2.36. The van der Waals surface area contributed by atoms with E-state index in [4.69, 9.17) is 15.2 Å². The van der Waals surface area contributed by atoms with Gasteiger partial charge in [-0.2, -0.15) is 5.26 Å². The fourth-order valence-electron chi connectivity index (χ4n) is 3.33. The van der Waals surface area contributed by atoms with Crippen LogP contribution in [0.25, 0.3) is 0 Å². The first-order valence-electron chi connectivity index (χ1n) is 9.14. The van der Waals surface area contributed by atoms with Crippen LogP contribution >= 0.6 is 0 Å². The molecule has 28 heavy (non-hydrogen) atoms. The average Bonchev–Trinajstić information content (AvgIpc) is 2.72. The quantitative estimate of drug-likeness (QED) is 0.813. The number of nitrogens with zero attached hydrogens (tertiary/aromatic N) is 1. The molecule has 1 unspecified atom stereocenters. The number of allylic oxidation sites excluding steroid dienone is 3. The Bertz CT molecular complexity index is 984. The Morgan fingerprint density at radius 3 is 2.54 bits per heavy atom. The van der Waals surface area contributed by atoms with Crippen LogP contribution in [0, 0.1) is 11.3 Å². The molecule has 1 aliphatic rings. The number of hydrogen-bond donors (Lipinski definition) is 1. The van der Waals surface area contributed by atoms with E-state index in [1.54, 1.807) is 13.8 Å². The van der Waals surface area contributed by atoms with Crippen LogP contribution in [0.2, 0.25) is 0 Å². The van der Waals surface area contributed by atoms with Crippen molar-refractivity contribution in [2.24, 2.45) is 5.73 Å². The van der Waals surface area contributed by atoms with Crippen LogP contribution in [-0.2, 0) is 16.1 Å². The number of carbonyl (C=O) groups excluding carboxylic acids is 1. The van der Waals surface area contributed by atoms with Crippen molar-refractivity contribution >= 4 is 5.78 Å². The molecular weight excluding hydrogens is 352 g/mol. The molecule has 5 nitrogen and oxygen atoms in total. The predicted octanol–water partition coefficient (Wildman–Crippen LogP) is 4.33. The maximum atomic E-state index is 12.7. The molecular formula is C23H22N2O3. The number of rotatable bonds is 6. The first-order chi connectivity index (χ1) is 13.6. The Balaban J connectivity index is 2.05. The van der Waals surface area contributed by atoms with E-state index >= 15 is 0 Å². The zero-order chi connectivity index (χ0) is 20.1. The number of hydrogen-bond acceptors (Lipinski definition) is 5. The van der Waals surface area contributed by atoms with Crippen LogP contribution in [0.15, 0.2) is 77.4 Å². The minimum absolute atomic E-state index is 0.0236. The highest BCUT2D eigenvalue weighted by atomic mass is 16.5. The number of Topliss-reactive ketones (excluding diaryl/α,β-unsaturated/α-hetero) is 1. The average molecular weight is 374 g/mol. The normalized spacial score (nSPS) is 16.4. The van der Waals surface area contributed by atoms with Gasteiger partial charge in [0, 0.05) is 17.6 Å². The lowest BCUT2D eigenvalue weighted by molar-refractivity contribution is -0.115. The predicted molar refractivity (Wildman–Crippen MR) is 106 cm³/mol. The van der Waals surface area contributed by atoms with Crippen molar-refractivity contribution in [1.29, 1.82) is 5.26 Å². The maximum Gasteiger partial charge on any atom is 0.205 e. The molecule has 0 aliphatic carbocycles. The number of nitrogens with two attached hydrogens (primary N) is 1. The highest BCUT2D eigenvalue weighted by molar-refractivity contribution is 5.98. The van der Waals surface area contributed by atoms with E-state index in [1.807, 2.05) is 54.6 Å². The van der Waals surface area contributed by atoms with Crippen molar-refractivity contribution in [2.45, 2.75) is 32.8 Å². The molecule has 1 atom stereocenters. The summed E-state index contributed by atoms with van der Waals surface area (Å²) in [6.07, 6.45) is 0.304. The molecule has 2 aromatic carbocycles. The molecule has 0 bridgehead atoms. The van der Waals surface area contributed by atoms with Gasteiger partial charge in [0.1, 0.15) is 29.8 Å². The zero-order valence-electron chi connectivity index (χ0n) is 15.9. The number of benzene rings is 2. The molecule has 0 spiro atoms. The van der Waals surface area contributed by atoms with E-state index in [2.05, 4.69) is 6.07 Å². The molecule has 1 aliphatic heterocycles. The van der Waals surface area contributed by atoms with Crippen molar-refractivity contribution in [3.63, 3.8) is 0 Å². The molecule has 0 aromatic heterocycles. The van der Waals surface area contributed by atoms with Crippen LogP contribution in [-0.4, -0.2) is 5.78 Å². The molecule has 0 saturated carbocycles. The second kappa shape index (κ2) is 8.45. The summed E-state index contributed by atoms with van der Waals surface area (Å²) in [5.74, 6) is 0.355. The van der Waals surface area contributed by atoms with E-state index in [0.29, 0.717) is 30.1 Å². The second-order valence-corrected chi connectivity index (χ2v) is 6.48. The summed E-state index contributed by atoms with van der Waals surface area (Å²) in [7, 11) is 0. The summed E-state index contributed by atoms with van der Waals surface area (Å²) in [6.45, 7) is 3.86.